The van der Waals surface area contributed by atoms with Crippen LogP contribution in [0.3, 0.4) is 0 Å². The van der Waals surface area contributed by atoms with Gasteiger partial charge in [-0.05, 0) is 26.2 Å². The molecule has 0 aliphatic carbocycles. The van der Waals surface area contributed by atoms with Gasteiger partial charge in [-0.3, -0.25) is 0 Å². The first kappa shape index (κ1) is 12.0. The van der Waals surface area contributed by atoms with Crippen LogP contribution in [0.25, 0.3) is 0 Å². The molecule has 1 aliphatic rings. The van der Waals surface area contributed by atoms with Gasteiger partial charge in [0.15, 0.2) is 0 Å². The van der Waals surface area contributed by atoms with Crippen molar-refractivity contribution in [3.05, 3.63) is 0 Å². The van der Waals surface area contributed by atoms with Crippen molar-refractivity contribution in [1.82, 2.24) is 5.32 Å². The first-order valence-electron chi connectivity index (χ1n) is 6.18. The highest BCUT2D eigenvalue weighted by molar-refractivity contribution is 4.70. The maximum absolute atomic E-state index is 5.57. The molecule has 0 saturated carbocycles. The molecule has 2 heteroatoms. The zero-order chi connectivity index (χ0) is 10.2. The van der Waals surface area contributed by atoms with Crippen molar-refractivity contribution in [3.8, 4) is 0 Å². The predicted molar refractivity (Wildman–Crippen MR) is 60.6 cm³/mol. The lowest BCUT2D eigenvalue weighted by atomic mass is 10.1. The predicted octanol–water partition coefficient (Wildman–Crippen LogP) is 2.72. The number of unbranched alkanes of at least 4 members (excludes halogenated alkanes) is 2. The molecule has 0 aromatic carbocycles. The highest BCUT2D eigenvalue weighted by Crippen LogP contribution is 2.11. The van der Waals surface area contributed by atoms with Crippen LogP contribution in [0.2, 0.25) is 0 Å². The molecule has 2 atom stereocenters. The second-order valence-corrected chi connectivity index (χ2v) is 4.44. The van der Waals surface area contributed by atoms with Gasteiger partial charge in [-0.2, -0.15) is 0 Å². The molecule has 14 heavy (non-hydrogen) atoms. The zero-order valence-corrected chi connectivity index (χ0v) is 9.72. The number of hydrogen-bond acceptors (Lipinski definition) is 2. The highest BCUT2D eigenvalue weighted by atomic mass is 16.5. The van der Waals surface area contributed by atoms with E-state index in [1.165, 1.54) is 38.5 Å². The third-order valence-electron chi connectivity index (χ3n) is 2.96. The molecule has 0 amide bonds. The van der Waals surface area contributed by atoms with Crippen LogP contribution in [0.4, 0.5) is 0 Å². The van der Waals surface area contributed by atoms with Crippen LogP contribution < -0.4 is 5.32 Å². The Morgan fingerprint density at radius 1 is 1.43 bits per heavy atom. The van der Waals surface area contributed by atoms with Gasteiger partial charge in [-0.15, -0.1) is 0 Å². The molecule has 1 saturated heterocycles. The molecule has 0 spiro atoms. The maximum atomic E-state index is 5.57. The first-order chi connectivity index (χ1) is 6.83. The molecule has 0 unspecified atom stereocenters. The molecule has 0 bridgehead atoms. The number of ether oxygens (including phenoxy) is 1. The fourth-order valence-corrected chi connectivity index (χ4v) is 1.94. The lowest BCUT2D eigenvalue weighted by molar-refractivity contribution is 0.107. The summed E-state index contributed by atoms with van der Waals surface area (Å²) in [5.41, 5.74) is 0. The average molecular weight is 199 g/mol. The summed E-state index contributed by atoms with van der Waals surface area (Å²) in [5, 5.41) is 3.56. The molecule has 1 heterocycles. The van der Waals surface area contributed by atoms with Crippen LogP contribution in [0, 0.1) is 0 Å². The molecule has 1 N–H and O–H groups in total. The lowest BCUT2D eigenvalue weighted by Crippen LogP contribution is -2.33. The molecule has 1 aliphatic heterocycles. The average Bonchev–Trinajstić information content (AvgIpc) is 2.68. The summed E-state index contributed by atoms with van der Waals surface area (Å²) in [6, 6.07) is 0.658. The van der Waals surface area contributed by atoms with Gasteiger partial charge < -0.3 is 10.1 Å². The zero-order valence-electron chi connectivity index (χ0n) is 9.72. The van der Waals surface area contributed by atoms with E-state index in [9.17, 15) is 0 Å². The Labute approximate surface area is 88.4 Å². The van der Waals surface area contributed by atoms with Crippen molar-refractivity contribution < 1.29 is 4.74 Å². The summed E-state index contributed by atoms with van der Waals surface area (Å²) in [6.07, 6.45) is 8.33. The third-order valence-corrected chi connectivity index (χ3v) is 2.96. The fraction of sp³-hybridized carbons (Fsp3) is 1.00. The Morgan fingerprint density at radius 3 is 2.93 bits per heavy atom. The Bertz CT molecular complexity index is 132. The van der Waals surface area contributed by atoms with Crippen LogP contribution >= 0.6 is 0 Å². The summed E-state index contributed by atoms with van der Waals surface area (Å²) in [7, 11) is 0. The molecule has 0 aromatic heterocycles. The van der Waals surface area contributed by atoms with Crippen molar-refractivity contribution >= 4 is 0 Å². The second kappa shape index (κ2) is 7.24. The van der Waals surface area contributed by atoms with Crippen LogP contribution in [0.1, 0.15) is 52.4 Å². The molecule has 0 aromatic rings. The number of hydrogen-bond donors (Lipinski definition) is 1. The van der Waals surface area contributed by atoms with Crippen molar-refractivity contribution in [1.29, 1.82) is 0 Å². The Kier molecular flexibility index (Phi) is 6.20. The van der Waals surface area contributed by atoms with Crippen LogP contribution in [0.15, 0.2) is 0 Å². The van der Waals surface area contributed by atoms with E-state index in [4.69, 9.17) is 4.74 Å². The van der Waals surface area contributed by atoms with Crippen molar-refractivity contribution in [2.45, 2.75) is 64.5 Å². The van der Waals surface area contributed by atoms with Gasteiger partial charge >= 0.3 is 0 Å². The van der Waals surface area contributed by atoms with Gasteiger partial charge in [-0.25, -0.2) is 0 Å². The number of rotatable bonds is 7. The minimum Gasteiger partial charge on any atom is -0.377 e. The summed E-state index contributed by atoms with van der Waals surface area (Å²) in [6.45, 7) is 6.55. The molecule has 1 fully saturated rings. The minimum absolute atomic E-state index is 0.489. The van der Waals surface area contributed by atoms with Crippen LogP contribution in [0.5, 0.6) is 0 Å². The SMILES string of the molecule is CCCCC[C@@H](C)NC[C@@H]1CCCO1. The summed E-state index contributed by atoms with van der Waals surface area (Å²) >= 11 is 0. The van der Waals surface area contributed by atoms with E-state index in [0.29, 0.717) is 12.1 Å². The monoisotopic (exact) mass is 199 g/mol. The van der Waals surface area contributed by atoms with E-state index in [0.717, 1.165) is 13.2 Å². The van der Waals surface area contributed by atoms with E-state index in [1.807, 2.05) is 0 Å². The van der Waals surface area contributed by atoms with E-state index < -0.39 is 0 Å². The minimum atomic E-state index is 0.489. The number of nitrogens with one attached hydrogen (secondary N) is 1. The molecular formula is C12H25NO. The topological polar surface area (TPSA) is 21.3 Å². The Balaban J connectivity index is 1.93. The van der Waals surface area contributed by atoms with E-state index >= 15 is 0 Å². The molecular weight excluding hydrogens is 174 g/mol. The summed E-state index contributed by atoms with van der Waals surface area (Å²) in [4.78, 5) is 0. The second-order valence-electron chi connectivity index (χ2n) is 4.44. The smallest absolute Gasteiger partial charge is 0.0700 e. The Hall–Kier alpha value is -0.0800. The molecule has 0 radical (unpaired) electrons. The van der Waals surface area contributed by atoms with Crippen LogP contribution in [-0.4, -0.2) is 25.3 Å². The van der Waals surface area contributed by atoms with Gasteiger partial charge in [0, 0.05) is 19.2 Å². The largest absolute Gasteiger partial charge is 0.377 e. The van der Waals surface area contributed by atoms with Crippen molar-refractivity contribution in [2.75, 3.05) is 13.2 Å². The highest BCUT2D eigenvalue weighted by Gasteiger charge is 2.15. The molecule has 1 rings (SSSR count). The van der Waals surface area contributed by atoms with E-state index in [1.54, 1.807) is 0 Å². The maximum Gasteiger partial charge on any atom is 0.0700 e. The summed E-state index contributed by atoms with van der Waals surface area (Å²) in [5.74, 6) is 0. The molecule has 84 valence electrons. The van der Waals surface area contributed by atoms with Gasteiger partial charge in [-0.1, -0.05) is 26.2 Å². The first-order valence-corrected chi connectivity index (χ1v) is 6.18. The summed E-state index contributed by atoms with van der Waals surface area (Å²) < 4.78 is 5.57. The van der Waals surface area contributed by atoms with Gasteiger partial charge in [0.1, 0.15) is 0 Å². The third kappa shape index (κ3) is 4.97. The van der Waals surface area contributed by atoms with Gasteiger partial charge in [0.2, 0.25) is 0 Å². The van der Waals surface area contributed by atoms with Crippen molar-refractivity contribution in [3.63, 3.8) is 0 Å². The normalized spacial score (nSPS) is 24.0. The quantitative estimate of drug-likeness (QED) is 0.637. The lowest BCUT2D eigenvalue weighted by Gasteiger charge is -2.16. The Morgan fingerprint density at radius 2 is 2.29 bits per heavy atom. The van der Waals surface area contributed by atoms with E-state index in [2.05, 4.69) is 19.2 Å². The van der Waals surface area contributed by atoms with Crippen LogP contribution in [-0.2, 0) is 4.74 Å². The van der Waals surface area contributed by atoms with Gasteiger partial charge in [0.05, 0.1) is 6.10 Å². The van der Waals surface area contributed by atoms with Crippen molar-refractivity contribution in [2.24, 2.45) is 0 Å². The standard InChI is InChI=1S/C12H25NO/c1-3-4-5-7-11(2)13-10-12-8-6-9-14-12/h11-13H,3-10H2,1-2H3/t11-,12+/m1/s1. The molecule has 2 nitrogen and oxygen atoms in total. The fourth-order valence-electron chi connectivity index (χ4n) is 1.94. The van der Waals surface area contributed by atoms with E-state index in [-0.39, 0.29) is 0 Å². The van der Waals surface area contributed by atoms with Gasteiger partial charge in [0.25, 0.3) is 0 Å².